The lowest BCUT2D eigenvalue weighted by Crippen LogP contribution is -2.12. The summed E-state index contributed by atoms with van der Waals surface area (Å²) in [4.78, 5) is 3.06. The minimum absolute atomic E-state index is 0.492. The number of aromatic nitrogens is 1. The maximum absolute atomic E-state index is 5.23. The fourth-order valence-corrected chi connectivity index (χ4v) is 1.76. The predicted molar refractivity (Wildman–Crippen MR) is 47.3 cm³/mol. The second-order valence-electron chi connectivity index (χ2n) is 3.13. The van der Waals surface area contributed by atoms with Gasteiger partial charge in [0.15, 0.2) is 0 Å². The van der Waals surface area contributed by atoms with Gasteiger partial charge in [-0.05, 0) is 19.4 Å². The molecule has 12 heavy (non-hydrogen) atoms. The summed E-state index contributed by atoms with van der Waals surface area (Å²) in [6, 6.07) is 0.492. The van der Waals surface area contributed by atoms with Crippen LogP contribution in [0.4, 0.5) is 0 Å². The van der Waals surface area contributed by atoms with Gasteiger partial charge in [-0.2, -0.15) is 0 Å². The Bertz CT molecular complexity index is 251. The highest BCUT2D eigenvalue weighted by atomic mass is 16.5. The lowest BCUT2D eigenvalue weighted by atomic mass is 10.1. The molecule has 0 radical (unpaired) electrons. The van der Waals surface area contributed by atoms with E-state index in [-0.39, 0.29) is 0 Å². The number of rotatable bonds is 2. The zero-order chi connectivity index (χ0) is 8.39. The van der Waals surface area contributed by atoms with E-state index in [0.29, 0.717) is 6.04 Å². The van der Waals surface area contributed by atoms with Crippen molar-refractivity contribution in [1.29, 1.82) is 0 Å². The summed E-state index contributed by atoms with van der Waals surface area (Å²) in [5.74, 6) is 0.967. The van der Waals surface area contributed by atoms with Gasteiger partial charge in [0.05, 0.1) is 7.11 Å². The van der Waals surface area contributed by atoms with Gasteiger partial charge in [0.25, 0.3) is 0 Å². The molecule has 0 unspecified atom stereocenters. The van der Waals surface area contributed by atoms with Crippen LogP contribution < -0.4 is 10.1 Å². The maximum atomic E-state index is 5.23. The second-order valence-corrected chi connectivity index (χ2v) is 3.13. The molecule has 2 heterocycles. The molecule has 1 atom stereocenters. The van der Waals surface area contributed by atoms with Crippen molar-refractivity contribution in [3.8, 4) is 5.75 Å². The van der Waals surface area contributed by atoms with Gasteiger partial charge in [-0.3, -0.25) is 0 Å². The number of ether oxygens (including phenoxy) is 1. The van der Waals surface area contributed by atoms with Crippen molar-refractivity contribution in [3.63, 3.8) is 0 Å². The van der Waals surface area contributed by atoms with Crippen LogP contribution in [0, 0.1) is 0 Å². The molecule has 0 bridgehead atoms. The lowest BCUT2D eigenvalue weighted by molar-refractivity contribution is 0.405. The quantitative estimate of drug-likeness (QED) is 0.697. The van der Waals surface area contributed by atoms with Crippen LogP contribution in [-0.2, 0) is 0 Å². The van der Waals surface area contributed by atoms with Crippen LogP contribution in [0.3, 0.4) is 0 Å². The minimum Gasteiger partial charge on any atom is -0.495 e. The van der Waals surface area contributed by atoms with Crippen molar-refractivity contribution in [3.05, 3.63) is 18.0 Å². The van der Waals surface area contributed by atoms with Crippen LogP contribution in [0.25, 0.3) is 0 Å². The van der Waals surface area contributed by atoms with Gasteiger partial charge >= 0.3 is 0 Å². The molecule has 0 spiro atoms. The summed E-state index contributed by atoms with van der Waals surface area (Å²) >= 11 is 0. The molecule has 2 rings (SSSR count). The molecular formula is C9H14N2O. The molecule has 0 saturated carbocycles. The summed E-state index contributed by atoms with van der Waals surface area (Å²) < 4.78 is 5.23. The summed E-state index contributed by atoms with van der Waals surface area (Å²) in [5, 5.41) is 3.43. The molecule has 3 heteroatoms. The summed E-state index contributed by atoms with van der Waals surface area (Å²) in [7, 11) is 1.71. The number of hydrogen-bond donors (Lipinski definition) is 2. The molecular weight excluding hydrogens is 152 g/mol. The minimum atomic E-state index is 0.492. The third-order valence-corrected chi connectivity index (χ3v) is 2.39. The van der Waals surface area contributed by atoms with Gasteiger partial charge in [0.2, 0.25) is 0 Å². The first-order valence-electron chi connectivity index (χ1n) is 4.36. The zero-order valence-electron chi connectivity index (χ0n) is 7.26. The van der Waals surface area contributed by atoms with E-state index in [1.807, 2.05) is 12.4 Å². The van der Waals surface area contributed by atoms with Crippen LogP contribution in [0.15, 0.2) is 12.4 Å². The van der Waals surface area contributed by atoms with E-state index in [1.165, 1.54) is 18.4 Å². The normalized spacial score (nSPS) is 22.9. The number of aromatic amines is 1. The molecule has 3 nitrogen and oxygen atoms in total. The predicted octanol–water partition coefficient (Wildman–Crippen LogP) is 1.45. The summed E-state index contributed by atoms with van der Waals surface area (Å²) in [6.45, 7) is 1.12. The first-order chi connectivity index (χ1) is 5.92. The third kappa shape index (κ3) is 1.20. The average molecular weight is 166 g/mol. The van der Waals surface area contributed by atoms with E-state index < -0.39 is 0 Å². The Kier molecular flexibility index (Phi) is 2.04. The second kappa shape index (κ2) is 3.19. The maximum Gasteiger partial charge on any atom is 0.141 e. The molecule has 1 fully saturated rings. The highest BCUT2D eigenvalue weighted by Crippen LogP contribution is 2.29. The Morgan fingerprint density at radius 3 is 3.08 bits per heavy atom. The van der Waals surface area contributed by atoms with Crippen molar-refractivity contribution in [2.24, 2.45) is 0 Å². The number of hydrogen-bond acceptors (Lipinski definition) is 2. The molecule has 1 aromatic heterocycles. The van der Waals surface area contributed by atoms with Crippen LogP contribution in [0.2, 0.25) is 0 Å². The number of methoxy groups -OCH3 is 1. The van der Waals surface area contributed by atoms with Gasteiger partial charge in [0, 0.05) is 24.0 Å². The topological polar surface area (TPSA) is 37.0 Å². The third-order valence-electron chi connectivity index (χ3n) is 2.39. The summed E-state index contributed by atoms with van der Waals surface area (Å²) in [6.07, 6.45) is 6.39. The van der Waals surface area contributed by atoms with Gasteiger partial charge in [-0.1, -0.05) is 0 Å². The molecule has 0 amide bonds. The lowest BCUT2D eigenvalue weighted by Gasteiger charge is -2.09. The van der Waals surface area contributed by atoms with Crippen molar-refractivity contribution < 1.29 is 4.74 Å². The van der Waals surface area contributed by atoms with Crippen molar-refractivity contribution in [2.75, 3.05) is 13.7 Å². The number of H-pyrrole nitrogens is 1. The van der Waals surface area contributed by atoms with Crippen LogP contribution in [0.1, 0.15) is 24.4 Å². The van der Waals surface area contributed by atoms with Gasteiger partial charge in [0.1, 0.15) is 5.75 Å². The van der Waals surface area contributed by atoms with Crippen LogP contribution >= 0.6 is 0 Å². The number of nitrogens with one attached hydrogen (secondary N) is 2. The highest BCUT2D eigenvalue weighted by Gasteiger charge is 2.19. The van der Waals surface area contributed by atoms with E-state index in [2.05, 4.69) is 10.3 Å². The average Bonchev–Trinajstić information content (AvgIpc) is 2.74. The van der Waals surface area contributed by atoms with Crippen molar-refractivity contribution in [2.45, 2.75) is 18.9 Å². The van der Waals surface area contributed by atoms with Crippen molar-refractivity contribution >= 4 is 0 Å². The largest absolute Gasteiger partial charge is 0.495 e. The van der Waals surface area contributed by atoms with Gasteiger partial charge in [-0.25, -0.2) is 0 Å². The Morgan fingerprint density at radius 1 is 1.50 bits per heavy atom. The molecule has 2 N–H and O–H groups in total. The van der Waals surface area contributed by atoms with Gasteiger partial charge < -0.3 is 15.0 Å². The molecule has 0 aliphatic carbocycles. The highest BCUT2D eigenvalue weighted by molar-refractivity contribution is 5.33. The Balaban J connectivity index is 2.19. The zero-order valence-corrected chi connectivity index (χ0v) is 7.26. The van der Waals surface area contributed by atoms with E-state index in [0.717, 1.165) is 12.3 Å². The van der Waals surface area contributed by atoms with E-state index in [4.69, 9.17) is 4.74 Å². The first kappa shape index (κ1) is 7.68. The Morgan fingerprint density at radius 2 is 2.42 bits per heavy atom. The van der Waals surface area contributed by atoms with E-state index in [9.17, 15) is 0 Å². The SMILES string of the molecule is COc1c[nH]cc1[C@@H]1CCCN1. The van der Waals surface area contributed by atoms with Gasteiger partial charge in [-0.15, -0.1) is 0 Å². The standard InChI is InChI=1S/C9H14N2O/c1-12-9-6-10-5-7(9)8-3-2-4-11-8/h5-6,8,10-11H,2-4H2,1H3/t8-/m0/s1. The molecule has 1 aliphatic heterocycles. The molecule has 0 aromatic carbocycles. The fraction of sp³-hybridized carbons (Fsp3) is 0.556. The smallest absolute Gasteiger partial charge is 0.141 e. The monoisotopic (exact) mass is 166 g/mol. The Labute approximate surface area is 72.1 Å². The summed E-state index contributed by atoms with van der Waals surface area (Å²) in [5.41, 5.74) is 1.26. The molecule has 66 valence electrons. The Hall–Kier alpha value is -0.960. The van der Waals surface area contributed by atoms with E-state index in [1.54, 1.807) is 7.11 Å². The molecule has 1 aromatic rings. The van der Waals surface area contributed by atoms with Crippen molar-refractivity contribution in [1.82, 2.24) is 10.3 Å². The van der Waals surface area contributed by atoms with Crippen LogP contribution in [0.5, 0.6) is 5.75 Å². The molecule has 1 saturated heterocycles. The molecule has 1 aliphatic rings. The van der Waals surface area contributed by atoms with E-state index >= 15 is 0 Å². The fourth-order valence-electron chi connectivity index (χ4n) is 1.76. The van der Waals surface area contributed by atoms with Crippen LogP contribution in [-0.4, -0.2) is 18.6 Å². The first-order valence-corrected chi connectivity index (χ1v) is 4.36.